The third-order valence-corrected chi connectivity index (χ3v) is 7.92. The summed E-state index contributed by atoms with van der Waals surface area (Å²) in [6, 6.07) is 11.2. The van der Waals surface area contributed by atoms with Crippen LogP contribution >= 0.6 is 11.3 Å². The van der Waals surface area contributed by atoms with Gasteiger partial charge in [0.1, 0.15) is 17.3 Å². The number of benzene rings is 2. The molecule has 0 aliphatic carbocycles. The Hall–Kier alpha value is -3.50. The van der Waals surface area contributed by atoms with Crippen LogP contribution in [0.4, 0.5) is 5.69 Å². The van der Waals surface area contributed by atoms with Crippen LogP contribution in [0.1, 0.15) is 37.7 Å². The second-order valence-corrected chi connectivity index (χ2v) is 10.9. The van der Waals surface area contributed by atoms with Crippen LogP contribution in [0, 0.1) is 27.7 Å². The Bertz CT molecular complexity index is 1590. The number of aryl methyl sites for hydroxylation is 4. The van der Waals surface area contributed by atoms with Gasteiger partial charge in [-0.2, -0.15) is 0 Å². The monoisotopic (exact) mass is 497 g/mol. The van der Waals surface area contributed by atoms with E-state index in [0.717, 1.165) is 16.0 Å². The lowest BCUT2D eigenvalue weighted by atomic mass is 10.1. The number of nitrogens with one attached hydrogen (secondary N) is 2. The number of esters is 1. The minimum absolute atomic E-state index is 0.0657. The molecule has 176 valence electrons. The van der Waals surface area contributed by atoms with E-state index in [4.69, 9.17) is 4.74 Å². The largest absolute Gasteiger partial charge is 0.454 e. The van der Waals surface area contributed by atoms with Gasteiger partial charge in [0.05, 0.1) is 15.8 Å². The quantitative estimate of drug-likeness (QED) is 0.382. The summed E-state index contributed by atoms with van der Waals surface area (Å²) < 4.78 is 33.6. The number of aromatic nitrogens is 2. The van der Waals surface area contributed by atoms with Gasteiger partial charge in [0.25, 0.3) is 15.6 Å². The van der Waals surface area contributed by atoms with E-state index in [0.29, 0.717) is 21.5 Å². The van der Waals surface area contributed by atoms with E-state index in [9.17, 15) is 18.0 Å². The molecule has 4 aromatic rings. The highest BCUT2D eigenvalue weighted by molar-refractivity contribution is 7.92. The van der Waals surface area contributed by atoms with Crippen LogP contribution in [0.25, 0.3) is 10.2 Å². The zero-order valence-electron chi connectivity index (χ0n) is 19.1. The highest BCUT2D eigenvalue weighted by Crippen LogP contribution is 2.26. The molecule has 0 spiro atoms. The minimum Gasteiger partial charge on any atom is -0.454 e. The van der Waals surface area contributed by atoms with Crippen LogP contribution in [0.2, 0.25) is 0 Å². The molecule has 0 atom stereocenters. The fourth-order valence-corrected chi connectivity index (χ4v) is 5.61. The first-order chi connectivity index (χ1) is 16.0. The first-order valence-corrected chi connectivity index (χ1v) is 12.7. The van der Waals surface area contributed by atoms with E-state index in [1.165, 1.54) is 23.5 Å². The number of hydrogen-bond donors (Lipinski definition) is 2. The standard InChI is InChI=1S/C24H23N3O5S2/c1-13-6-5-7-17(10-13)27-34(30,31)18-9-8-14(2)19(11-18)24(29)32-12-20-25-22(28)21-15(3)16(4)33-23(21)26-20/h5-11,27H,12H2,1-4H3,(H,25,26,28). The van der Waals surface area contributed by atoms with Crippen LogP contribution < -0.4 is 10.3 Å². The van der Waals surface area contributed by atoms with Crippen molar-refractivity contribution in [2.45, 2.75) is 39.2 Å². The predicted octanol–water partition coefficient (Wildman–Crippen LogP) is 4.38. The SMILES string of the molecule is Cc1cccc(NS(=O)(=O)c2ccc(C)c(C(=O)OCc3nc4sc(C)c(C)c4c(=O)[nH]3)c2)c1. The molecule has 0 fully saturated rings. The van der Waals surface area contributed by atoms with E-state index < -0.39 is 16.0 Å². The molecule has 0 aliphatic heterocycles. The van der Waals surface area contributed by atoms with Crippen molar-refractivity contribution in [2.75, 3.05) is 4.72 Å². The van der Waals surface area contributed by atoms with Crippen molar-refractivity contribution in [3.05, 3.63) is 85.8 Å². The summed E-state index contributed by atoms with van der Waals surface area (Å²) in [5.74, 6) is -0.499. The zero-order chi connectivity index (χ0) is 24.6. The van der Waals surface area contributed by atoms with Gasteiger partial charge in [-0.15, -0.1) is 11.3 Å². The Morgan fingerprint density at radius 1 is 1.12 bits per heavy atom. The molecule has 34 heavy (non-hydrogen) atoms. The van der Waals surface area contributed by atoms with Crippen LogP contribution in [0.5, 0.6) is 0 Å². The van der Waals surface area contributed by atoms with Crippen molar-refractivity contribution < 1.29 is 17.9 Å². The van der Waals surface area contributed by atoms with Gasteiger partial charge in [0.15, 0.2) is 0 Å². The second kappa shape index (κ2) is 9.03. The zero-order valence-corrected chi connectivity index (χ0v) is 20.7. The van der Waals surface area contributed by atoms with E-state index in [1.807, 2.05) is 26.8 Å². The molecule has 4 rings (SSSR count). The van der Waals surface area contributed by atoms with Crippen LogP contribution in [-0.2, 0) is 21.4 Å². The number of ether oxygens (including phenoxy) is 1. The number of sulfonamides is 1. The average molecular weight is 498 g/mol. The number of rotatable bonds is 6. The summed E-state index contributed by atoms with van der Waals surface area (Å²) in [7, 11) is -3.92. The first-order valence-electron chi connectivity index (χ1n) is 10.4. The van der Waals surface area contributed by atoms with E-state index >= 15 is 0 Å². The molecule has 2 heterocycles. The summed E-state index contributed by atoms with van der Waals surface area (Å²) in [6.07, 6.45) is 0. The molecule has 2 aromatic carbocycles. The number of fused-ring (bicyclic) bond motifs is 1. The molecule has 0 amide bonds. The molecule has 10 heteroatoms. The average Bonchev–Trinajstić information content (AvgIpc) is 3.05. The maximum atomic E-state index is 12.9. The number of H-pyrrole nitrogens is 1. The molecule has 2 aromatic heterocycles. The van der Waals surface area contributed by atoms with Crippen LogP contribution in [0.3, 0.4) is 0 Å². The van der Waals surface area contributed by atoms with Crippen LogP contribution in [-0.4, -0.2) is 24.4 Å². The number of nitrogens with zero attached hydrogens (tertiary/aromatic N) is 1. The van der Waals surface area contributed by atoms with Crippen molar-refractivity contribution in [3.63, 3.8) is 0 Å². The van der Waals surface area contributed by atoms with Gasteiger partial charge < -0.3 is 9.72 Å². The van der Waals surface area contributed by atoms with Gasteiger partial charge in [-0.1, -0.05) is 18.2 Å². The van der Waals surface area contributed by atoms with Gasteiger partial charge in [0, 0.05) is 10.6 Å². The maximum absolute atomic E-state index is 12.9. The van der Waals surface area contributed by atoms with Crippen molar-refractivity contribution in [3.8, 4) is 0 Å². The summed E-state index contributed by atoms with van der Waals surface area (Å²) in [5, 5.41) is 0.535. The summed E-state index contributed by atoms with van der Waals surface area (Å²) in [5.41, 5.74) is 2.59. The number of anilines is 1. The lowest BCUT2D eigenvalue weighted by Gasteiger charge is -2.12. The Labute approximate surface area is 200 Å². The molecular formula is C24H23N3O5S2. The van der Waals surface area contributed by atoms with Crippen molar-refractivity contribution in [2.24, 2.45) is 0 Å². The number of hydrogen-bond acceptors (Lipinski definition) is 7. The first kappa shape index (κ1) is 23.7. The van der Waals surface area contributed by atoms with Crippen LogP contribution in [0.15, 0.2) is 52.2 Å². The molecule has 0 unspecified atom stereocenters. The molecule has 0 saturated carbocycles. The fraction of sp³-hybridized carbons (Fsp3) is 0.208. The predicted molar refractivity (Wildman–Crippen MR) is 132 cm³/mol. The molecule has 8 nitrogen and oxygen atoms in total. The van der Waals surface area contributed by atoms with Gasteiger partial charge in [-0.25, -0.2) is 18.2 Å². The normalized spacial score (nSPS) is 11.5. The third-order valence-electron chi connectivity index (χ3n) is 5.44. The smallest absolute Gasteiger partial charge is 0.338 e. The highest BCUT2D eigenvalue weighted by atomic mass is 32.2. The number of aromatic amines is 1. The van der Waals surface area contributed by atoms with Crippen molar-refractivity contribution >= 4 is 43.2 Å². The van der Waals surface area contributed by atoms with E-state index in [-0.39, 0.29) is 28.4 Å². The van der Waals surface area contributed by atoms with Crippen molar-refractivity contribution in [1.82, 2.24) is 9.97 Å². The van der Waals surface area contributed by atoms with Crippen molar-refractivity contribution in [1.29, 1.82) is 0 Å². The van der Waals surface area contributed by atoms with Gasteiger partial charge in [-0.3, -0.25) is 9.52 Å². The highest BCUT2D eigenvalue weighted by Gasteiger charge is 2.20. The summed E-state index contributed by atoms with van der Waals surface area (Å²) >= 11 is 1.40. The molecule has 0 saturated heterocycles. The molecule has 2 N–H and O–H groups in total. The number of carbonyl (C=O) groups is 1. The fourth-order valence-electron chi connectivity index (χ4n) is 3.49. The molecule has 0 radical (unpaired) electrons. The van der Waals surface area contributed by atoms with E-state index in [1.54, 1.807) is 31.2 Å². The van der Waals surface area contributed by atoms with Gasteiger partial charge in [-0.05, 0) is 68.7 Å². The number of thiophene rings is 1. The summed E-state index contributed by atoms with van der Waals surface area (Å²) in [6.45, 7) is 7.07. The Morgan fingerprint density at radius 3 is 2.62 bits per heavy atom. The summed E-state index contributed by atoms with van der Waals surface area (Å²) in [4.78, 5) is 33.8. The maximum Gasteiger partial charge on any atom is 0.338 e. The molecular weight excluding hydrogens is 474 g/mol. The minimum atomic E-state index is -3.92. The van der Waals surface area contributed by atoms with Gasteiger partial charge in [0.2, 0.25) is 0 Å². The Morgan fingerprint density at radius 2 is 1.88 bits per heavy atom. The number of carbonyl (C=O) groups excluding carboxylic acids is 1. The Kier molecular flexibility index (Phi) is 6.28. The van der Waals surface area contributed by atoms with Gasteiger partial charge >= 0.3 is 5.97 Å². The lowest BCUT2D eigenvalue weighted by molar-refractivity contribution is 0.0461. The third kappa shape index (κ3) is 4.73. The molecule has 0 aliphatic rings. The molecule has 0 bridgehead atoms. The topological polar surface area (TPSA) is 118 Å². The van der Waals surface area contributed by atoms with E-state index in [2.05, 4.69) is 14.7 Å². The lowest BCUT2D eigenvalue weighted by Crippen LogP contribution is -2.16. The Balaban J connectivity index is 1.55. The second-order valence-electron chi connectivity index (χ2n) is 8.00.